The first-order valence-electron chi connectivity index (χ1n) is 9.96. The van der Waals surface area contributed by atoms with E-state index < -0.39 is 34.3 Å². The number of nitrogens with zero attached hydrogens (tertiary/aromatic N) is 2. The third-order valence-electron chi connectivity index (χ3n) is 4.98. The lowest BCUT2D eigenvalue weighted by atomic mass is 10.2. The molecule has 1 heterocycles. The van der Waals surface area contributed by atoms with Crippen LogP contribution in [-0.2, 0) is 4.79 Å². The van der Waals surface area contributed by atoms with Crippen LogP contribution in [0.15, 0.2) is 70.6 Å². The number of hydrogen-bond acceptors (Lipinski definition) is 4. The van der Waals surface area contributed by atoms with Crippen molar-refractivity contribution in [1.82, 2.24) is 9.55 Å². The lowest BCUT2D eigenvalue weighted by Gasteiger charge is -2.17. The Morgan fingerprint density at radius 3 is 2.42 bits per heavy atom. The van der Waals surface area contributed by atoms with Crippen molar-refractivity contribution in [2.24, 2.45) is 0 Å². The van der Waals surface area contributed by atoms with E-state index in [9.17, 15) is 22.8 Å². The third kappa shape index (κ3) is 4.49. The molecule has 4 aromatic rings. The molecular formula is C24H18F3N3O2S. The average molecular weight is 469 g/mol. The number of amides is 1. The molecule has 0 spiro atoms. The van der Waals surface area contributed by atoms with Crippen LogP contribution in [0.25, 0.3) is 16.6 Å². The van der Waals surface area contributed by atoms with E-state index in [0.717, 1.165) is 29.5 Å². The molecule has 1 aromatic heterocycles. The second kappa shape index (κ2) is 9.11. The minimum absolute atomic E-state index is 0.260. The summed E-state index contributed by atoms with van der Waals surface area (Å²) in [5, 5.41) is 2.09. The van der Waals surface area contributed by atoms with Gasteiger partial charge in [-0.3, -0.25) is 14.2 Å². The first-order chi connectivity index (χ1) is 15.8. The zero-order valence-electron chi connectivity index (χ0n) is 17.6. The summed E-state index contributed by atoms with van der Waals surface area (Å²) in [5.74, 6) is -5.17. The summed E-state index contributed by atoms with van der Waals surface area (Å²) in [6, 6.07) is 15.8. The summed E-state index contributed by atoms with van der Waals surface area (Å²) in [6.07, 6.45) is 0. The number of hydrogen-bond donors (Lipinski definition) is 1. The van der Waals surface area contributed by atoms with Gasteiger partial charge in [-0.2, -0.15) is 0 Å². The van der Waals surface area contributed by atoms with Crippen molar-refractivity contribution in [3.8, 4) is 5.69 Å². The highest BCUT2D eigenvalue weighted by atomic mass is 32.2. The fourth-order valence-electron chi connectivity index (χ4n) is 3.18. The Balaban J connectivity index is 1.71. The number of anilines is 1. The molecule has 1 atom stereocenters. The van der Waals surface area contributed by atoms with Crippen molar-refractivity contribution < 1.29 is 18.0 Å². The highest BCUT2D eigenvalue weighted by molar-refractivity contribution is 8.00. The number of carbonyl (C=O) groups is 1. The highest BCUT2D eigenvalue weighted by Crippen LogP contribution is 2.27. The quantitative estimate of drug-likeness (QED) is 0.247. The normalized spacial score (nSPS) is 12.0. The summed E-state index contributed by atoms with van der Waals surface area (Å²) < 4.78 is 42.0. The fourth-order valence-corrected chi connectivity index (χ4v) is 4.11. The molecule has 0 aliphatic rings. The van der Waals surface area contributed by atoms with Crippen LogP contribution in [-0.4, -0.2) is 20.7 Å². The standard InChI is InChI=1S/C24H18F3N3O2S/c1-13-7-9-15(10-8-13)30-23(32)16-5-3-4-6-18(16)29-24(30)33-14(2)22(31)28-19-12-11-17(25)20(26)21(19)27/h3-12,14H,1-2H3,(H,28,31). The first kappa shape index (κ1) is 22.6. The van der Waals surface area contributed by atoms with Gasteiger partial charge in [-0.05, 0) is 50.2 Å². The number of carbonyl (C=O) groups excluding carboxylic acids is 1. The van der Waals surface area contributed by atoms with Gasteiger partial charge in [0, 0.05) is 0 Å². The number of aryl methyl sites for hydroxylation is 1. The zero-order chi connectivity index (χ0) is 23.7. The minimum atomic E-state index is -1.67. The summed E-state index contributed by atoms with van der Waals surface area (Å²) in [6.45, 7) is 3.46. The van der Waals surface area contributed by atoms with Gasteiger partial charge in [-0.25, -0.2) is 18.2 Å². The van der Waals surface area contributed by atoms with Crippen LogP contribution in [0.3, 0.4) is 0 Å². The van der Waals surface area contributed by atoms with E-state index in [1.165, 1.54) is 4.57 Å². The van der Waals surface area contributed by atoms with Crippen molar-refractivity contribution in [2.75, 3.05) is 5.32 Å². The van der Waals surface area contributed by atoms with E-state index >= 15 is 0 Å². The third-order valence-corrected chi connectivity index (χ3v) is 6.03. The Kier molecular flexibility index (Phi) is 6.24. The fraction of sp³-hybridized carbons (Fsp3) is 0.125. The molecule has 1 unspecified atom stereocenters. The SMILES string of the molecule is Cc1ccc(-n2c(SC(C)C(=O)Nc3ccc(F)c(F)c3F)nc3ccccc3c2=O)cc1. The van der Waals surface area contributed by atoms with Gasteiger partial charge in [-0.15, -0.1) is 0 Å². The van der Waals surface area contributed by atoms with E-state index in [2.05, 4.69) is 10.3 Å². The van der Waals surface area contributed by atoms with Crippen LogP contribution >= 0.6 is 11.8 Å². The molecule has 0 aliphatic carbocycles. The number of para-hydroxylation sites is 1. The second-order valence-corrected chi connectivity index (χ2v) is 8.67. The molecule has 1 amide bonds. The predicted molar refractivity (Wildman–Crippen MR) is 122 cm³/mol. The van der Waals surface area contributed by atoms with Gasteiger partial charge >= 0.3 is 0 Å². The van der Waals surface area contributed by atoms with Gasteiger partial charge < -0.3 is 5.32 Å². The number of fused-ring (bicyclic) bond motifs is 1. The van der Waals surface area contributed by atoms with Gasteiger partial charge in [0.15, 0.2) is 22.6 Å². The molecule has 5 nitrogen and oxygen atoms in total. The van der Waals surface area contributed by atoms with Crippen LogP contribution in [0.2, 0.25) is 0 Å². The van der Waals surface area contributed by atoms with E-state index in [1.807, 2.05) is 19.1 Å². The van der Waals surface area contributed by atoms with Crippen molar-refractivity contribution in [2.45, 2.75) is 24.3 Å². The predicted octanol–water partition coefficient (Wildman–Crippen LogP) is 5.23. The average Bonchev–Trinajstić information content (AvgIpc) is 2.80. The van der Waals surface area contributed by atoms with Crippen LogP contribution in [0.5, 0.6) is 0 Å². The Hall–Kier alpha value is -3.59. The van der Waals surface area contributed by atoms with Gasteiger partial charge in [0.25, 0.3) is 5.56 Å². The molecule has 0 saturated heterocycles. The molecular weight excluding hydrogens is 451 g/mol. The molecule has 0 saturated carbocycles. The molecule has 168 valence electrons. The molecule has 1 N–H and O–H groups in total. The van der Waals surface area contributed by atoms with E-state index in [4.69, 9.17) is 0 Å². The van der Waals surface area contributed by atoms with E-state index in [-0.39, 0.29) is 10.7 Å². The number of nitrogens with one attached hydrogen (secondary N) is 1. The monoisotopic (exact) mass is 469 g/mol. The largest absolute Gasteiger partial charge is 0.323 e. The van der Waals surface area contributed by atoms with Crippen molar-refractivity contribution >= 4 is 34.3 Å². The Morgan fingerprint density at radius 1 is 1.00 bits per heavy atom. The summed E-state index contributed by atoms with van der Waals surface area (Å²) in [7, 11) is 0. The van der Waals surface area contributed by atoms with E-state index in [1.54, 1.807) is 43.3 Å². The van der Waals surface area contributed by atoms with Crippen molar-refractivity contribution in [3.05, 3.63) is 94.0 Å². The zero-order valence-corrected chi connectivity index (χ0v) is 18.4. The molecule has 9 heteroatoms. The van der Waals surface area contributed by atoms with E-state index in [0.29, 0.717) is 16.6 Å². The summed E-state index contributed by atoms with van der Waals surface area (Å²) in [4.78, 5) is 30.5. The number of benzene rings is 3. The molecule has 3 aromatic carbocycles. The van der Waals surface area contributed by atoms with Gasteiger partial charge in [0.1, 0.15) is 0 Å². The second-order valence-electron chi connectivity index (χ2n) is 7.36. The van der Waals surface area contributed by atoms with Gasteiger partial charge in [0.2, 0.25) is 5.91 Å². The lowest BCUT2D eigenvalue weighted by Crippen LogP contribution is -2.26. The molecule has 33 heavy (non-hydrogen) atoms. The van der Waals surface area contributed by atoms with Gasteiger partial charge in [-0.1, -0.05) is 41.6 Å². The van der Waals surface area contributed by atoms with Crippen molar-refractivity contribution in [3.63, 3.8) is 0 Å². The first-order valence-corrected chi connectivity index (χ1v) is 10.8. The Bertz CT molecular complexity index is 1420. The lowest BCUT2D eigenvalue weighted by molar-refractivity contribution is -0.115. The van der Waals surface area contributed by atoms with Gasteiger partial charge in [0.05, 0.1) is 27.5 Å². The van der Waals surface area contributed by atoms with Crippen LogP contribution in [0.4, 0.5) is 18.9 Å². The van der Waals surface area contributed by atoms with Crippen LogP contribution in [0.1, 0.15) is 12.5 Å². The maximum absolute atomic E-state index is 14.0. The molecule has 0 aliphatic heterocycles. The number of halogens is 3. The summed E-state index contributed by atoms with van der Waals surface area (Å²) >= 11 is 0.988. The van der Waals surface area contributed by atoms with Crippen LogP contribution in [0, 0.1) is 24.4 Å². The maximum atomic E-state index is 14.0. The Labute approximate surface area is 191 Å². The number of thioether (sulfide) groups is 1. The topological polar surface area (TPSA) is 64.0 Å². The number of rotatable bonds is 5. The maximum Gasteiger partial charge on any atom is 0.266 e. The molecule has 4 rings (SSSR count). The number of aromatic nitrogens is 2. The molecule has 0 bridgehead atoms. The Morgan fingerprint density at radius 2 is 1.70 bits per heavy atom. The summed E-state index contributed by atoms with van der Waals surface area (Å²) in [5.41, 5.74) is 1.27. The minimum Gasteiger partial charge on any atom is -0.323 e. The van der Waals surface area contributed by atoms with Crippen molar-refractivity contribution in [1.29, 1.82) is 0 Å². The molecule has 0 fully saturated rings. The van der Waals surface area contributed by atoms with Crippen LogP contribution < -0.4 is 10.9 Å². The highest BCUT2D eigenvalue weighted by Gasteiger charge is 2.22. The smallest absolute Gasteiger partial charge is 0.266 e. The molecule has 0 radical (unpaired) electrons.